The van der Waals surface area contributed by atoms with Gasteiger partial charge in [-0.1, -0.05) is 73.4 Å². The van der Waals surface area contributed by atoms with Crippen LogP contribution in [0.25, 0.3) is 0 Å². The maximum Gasteiger partial charge on any atom is 0.0890 e. The summed E-state index contributed by atoms with van der Waals surface area (Å²) < 4.78 is -0.0781. The molecule has 0 saturated heterocycles. The first-order valence-electron chi connectivity index (χ1n) is 4.21. The molecule has 0 bridgehead atoms. The summed E-state index contributed by atoms with van der Waals surface area (Å²) in [6.45, 7) is 13.2. The molecule has 0 saturated carbocycles. The number of alkyl halides is 2. The first-order valence-corrected chi connectivity index (χ1v) is 5.79. The molecule has 0 aliphatic rings. The fraction of sp³-hybridized carbons (Fsp3) is 0.900. The molecule has 0 heterocycles. The molecule has 0 aliphatic carbocycles. The Balaban J connectivity index is 4.44. The summed E-state index contributed by atoms with van der Waals surface area (Å²) in [6.07, 6.45) is 2.29. The highest BCUT2D eigenvalue weighted by Crippen LogP contribution is 2.49. The highest BCUT2D eigenvalue weighted by Gasteiger charge is 2.40. The van der Waals surface area contributed by atoms with E-state index in [0.717, 1.165) is 0 Å². The van der Waals surface area contributed by atoms with Gasteiger partial charge in [0.05, 0.1) is 3.23 Å². The number of hydrogen-bond acceptors (Lipinski definition) is 0. The lowest BCUT2D eigenvalue weighted by atomic mass is 9.81. The largest absolute Gasteiger partial charge is 0.0890 e. The summed E-state index contributed by atoms with van der Waals surface area (Å²) in [7, 11) is 0. The topological polar surface area (TPSA) is 0 Å². The molecule has 0 atom stereocenters. The molecule has 2 heteroatoms. The zero-order valence-corrected chi connectivity index (χ0v) is 12.0. The van der Waals surface area contributed by atoms with Crippen molar-refractivity contribution in [1.82, 2.24) is 0 Å². The number of hydrogen-bond donors (Lipinski definition) is 0. The smallest absolute Gasteiger partial charge is 0.0718 e. The molecule has 0 aromatic rings. The molecule has 1 radical (unpaired) electrons. The van der Waals surface area contributed by atoms with Crippen molar-refractivity contribution in [3.05, 3.63) is 6.42 Å². The SMILES string of the molecule is CC(C)(C)[CH]C(Br)(Br)C(C)(C)C. The Morgan fingerprint density at radius 3 is 1.25 bits per heavy atom. The minimum absolute atomic E-state index is 0.0781. The van der Waals surface area contributed by atoms with E-state index in [9.17, 15) is 0 Å². The molecular weight excluding hydrogens is 280 g/mol. The summed E-state index contributed by atoms with van der Waals surface area (Å²) >= 11 is 7.40. The van der Waals surface area contributed by atoms with Crippen LogP contribution in [0.5, 0.6) is 0 Å². The van der Waals surface area contributed by atoms with Gasteiger partial charge in [0, 0.05) is 0 Å². The van der Waals surface area contributed by atoms with Crippen molar-refractivity contribution < 1.29 is 0 Å². The average molecular weight is 299 g/mol. The van der Waals surface area contributed by atoms with E-state index >= 15 is 0 Å². The second-order valence-corrected chi connectivity index (χ2v) is 8.95. The Morgan fingerprint density at radius 2 is 1.17 bits per heavy atom. The summed E-state index contributed by atoms with van der Waals surface area (Å²) in [6, 6.07) is 0. The molecular formula is C10H19Br2. The van der Waals surface area contributed by atoms with Crippen molar-refractivity contribution in [3.8, 4) is 0 Å². The third-order valence-electron chi connectivity index (χ3n) is 1.61. The third kappa shape index (κ3) is 4.27. The second kappa shape index (κ2) is 3.61. The Labute approximate surface area is 93.8 Å². The highest BCUT2D eigenvalue weighted by atomic mass is 79.9. The molecule has 0 rings (SSSR count). The zero-order chi connectivity index (χ0) is 10.2. The van der Waals surface area contributed by atoms with Gasteiger partial charge in [-0.3, -0.25) is 0 Å². The number of halogens is 2. The predicted octanol–water partition coefficient (Wildman–Crippen LogP) is 4.77. The minimum Gasteiger partial charge on any atom is -0.0718 e. The lowest BCUT2D eigenvalue weighted by Crippen LogP contribution is -2.35. The van der Waals surface area contributed by atoms with Crippen LogP contribution in [0.4, 0.5) is 0 Å². The maximum absolute atomic E-state index is 3.70. The van der Waals surface area contributed by atoms with E-state index in [0.29, 0.717) is 0 Å². The van der Waals surface area contributed by atoms with Gasteiger partial charge in [0.25, 0.3) is 0 Å². The lowest BCUT2D eigenvalue weighted by Gasteiger charge is -2.39. The lowest BCUT2D eigenvalue weighted by molar-refractivity contribution is 0.352. The standard InChI is InChI=1S/C10H19Br2/c1-8(2,3)7-10(11,12)9(4,5)6/h7H,1-6H3. The normalized spacial score (nSPS) is 15.0. The van der Waals surface area contributed by atoms with Crippen LogP contribution in [0, 0.1) is 17.3 Å². The Kier molecular flexibility index (Phi) is 3.89. The second-order valence-electron chi connectivity index (χ2n) is 5.38. The van der Waals surface area contributed by atoms with Gasteiger partial charge in [0.2, 0.25) is 0 Å². The molecule has 0 aromatic heterocycles. The van der Waals surface area contributed by atoms with Crippen molar-refractivity contribution >= 4 is 31.9 Å². The Morgan fingerprint density at radius 1 is 0.833 bits per heavy atom. The van der Waals surface area contributed by atoms with E-state index in [2.05, 4.69) is 79.8 Å². The van der Waals surface area contributed by atoms with Crippen molar-refractivity contribution in [2.24, 2.45) is 10.8 Å². The predicted molar refractivity (Wildman–Crippen MR) is 63.8 cm³/mol. The molecule has 0 nitrogen and oxygen atoms in total. The van der Waals surface area contributed by atoms with Crippen LogP contribution in [0.2, 0.25) is 0 Å². The van der Waals surface area contributed by atoms with Crippen LogP contribution in [-0.2, 0) is 0 Å². The van der Waals surface area contributed by atoms with Gasteiger partial charge in [-0.2, -0.15) is 0 Å². The average Bonchev–Trinajstić information content (AvgIpc) is 1.52. The highest BCUT2D eigenvalue weighted by molar-refractivity contribution is 9.25. The molecule has 0 amide bonds. The summed E-state index contributed by atoms with van der Waals surface area (Å²) in [5, 5.41) is 0. The van der Waals surface area contributed by atoms with E-state index in [4.69, 9.17) is 0 Å². The molecule has 0 aliphatic heterocycles. The van der Waals surface area contributed by atoms with E-state index in [1.807, 2.05) is 0 Å². The molecule has 0 aromatic carbocycles. The molecule has 12 heavy (non-hydrogen) atoms. The van der Waals surface area contributed by atoms with Gasteiger partial charge < -0.3 is 0 Å². The summed E-state index contributed by atoms with van der Waals surface area (Å²) in [5.41, 5.74) is 0.403. The van der Waals surface area contributed by atoms with E-state index < -0.39 is 0 Å². The van der Waals surface area contributed by atoms with Crippen LogP contribution in [0.1, 0.15) is 41.5 Å². The van der Waals surface area contributed by atoms with Crippen LogP contribution in [-0.4, -0.2) is 3.23 Å². The van der Waals surface area contributed by atoms with Gasteiger partial charge in [-0.15, -0.1) is 0 Å². The van der Waals surface area contributed by atoms with E-state index in [-0.39, 0.29) is 14.1 Å². The van der Waals surface area contributed by atoms with Gasteiger partial charge in [-0.25, -0.2) is 0 Å². The third-order valence-corrected chi connectivity index (χ3v) is 4.45. The Hall–Kier alpha value is 0.960. The quantitative estimate of drug-likeness (QED) is 0.612. The monoisotopic (exact) mass is 297 g/mol. The molecule has 0 spiro atoms. The molecule has 0 unspecified atom stereocenters. The first kappa shape index (κ1) is 13.0. The van der Waals surface area contributed by atoms with Crippen LogP contribution >= 0.6 is 31.9 Å². The maximum atomic E-state index is 3.70. The molecule has 0 fully saturated rings. The fourth-order valence-electron chi connectivity index (χ4n) is 0.760. The van der Waals surface area contributed by atoms with Gasteiger partial charge >= 0.3 is 0 Å². The summed E-state index contributed by atoms with van der Waals surface area (Å²) in [5.74, 6) is 0. The molecule has 0 N–H and O–H groups in total. The van der Waals surface area contributed by atoms with Crippen molar-refractivity contribution in [3.63, 3.8) is 0 Å². The van der Waals surface area contributed by atoms with Crippen LogP contribution < -0.4 is 0 Å². The minimum atomic E-state index is -0.0781. The van der Waals surface area contributed by atoms with Crippen LogP contribution in [0.15, 0.2) is 0 Å². The van der Waals surface area contributed by atoms with Crippen molar-refractivity contribution in [2.75, 3.05) is 0 Å². The fourth-order valence-corrected chi connectivity index (χ4v) is 2.13. The van der Waals surface area contributed by atoms with Gasteiger partial charge in [-0.05, 0) is 17.3 Å². The number of rotatable bonds is 1. The van der Waals surface area contributed by atoms with Gasteiger partial charge in [0.15, 0.2) is 0 Å². The van der Waals surface area contributed by atoms with Gasteiger partial charge in [0.1, 0.15) is 0 Å². The van der Waals surface area contributed by atoms with Crippen LogP contribution in [0.3, 0.4) is 0 Å². The van der Waals surface area contributed by atoms with E-state index in [1.54, 1.807) is 0 Å². The van der Waals surface area contributed by atoms with Crippen molar-refractivity contribution in [2.45, 2.75) is 44.8 Å². The van der Waals surface area contributed by atoms with E-state index in [1.165, 1.54) is 0 Å². The molecule has 73 valence electrons. The van der Waals surface area contributed by atoms with Crippen molar-refractivity contribution in [1.29, 1.82) is 0 Å². The first-order chi connectivity index (χ1) is 4.96. The zero-order valence-electron chi connectivity index (χ0n) is 8.83. The Bertz CT molecular complexity index is 146. The summed E-state index contributed by atoms with van der Waals surface area (Å²) in [4.78, 5) is 0.